The number of ether oxygens (including phenoxy) is 2. The van der Waals surface area contributed by atoms with E-state index in [-0.39, 0.29) is 11.1 Å². The summed E-state index contributed by atoms with van der Waals surface area (Å²) >= 11 is 0. The third-order valence-corrected chi connectivity index (χ3v) is 6.03. The highest BCUT2D eigenvalue weighted by molar-refractivity contribution is 5.31. The quantitative estimate of drug-likeness (QED) is 0.262. The monoisotopic (exact) mass is 523 g/mol. The second-order valence-electron chi connectivity index (χ2n) is 8.96. The summed E-state index contributed by atoms with van der Waals surface area (Å²) in [6.07, 6.45) is -9.26. The topological polar surface area (TPSA) is 50.7 Å². The first kappa shape index (κ1) is 28.0. The minimum absolute atomic E-state index is 0.00445. The fraction of sp³-hybridized carbons (Fsp3) is 0.520. The Labute approximate surface area is 204 Å². The van der Waals surface area contributed by atoms with Crippen LogP contribution in [0, 0.1) is 5.92 Å². The van der Waals surface area contributed by atoms with Gasteiger partial charge in [0.25, 0.3) is 0 Å². The molecule has 0 heterocycles. The Bertz CT molecular complexity index is 980. The molecule has 4 nitrogen and oxygen atoms in total. The van der Waals surface area contributed by atoms with Crippen molar-refractivity contribution in [2.45, 2.75) is 69.5 Å². The van der Waals surface area contributed by atoms with E-state index in [1.165, 1.54) is 30.7 Å². The molecule has 0 radical (unpaired) electrons. The van der Waals surface area contributed by atoms with E-state index in [0.717, 1.165) is 43.9 Å². The summed E-state index contributed by atoms with van der Waals surface area (Å²) in [6, 6.07) is 10.3. The zero-order chi connectivity index (χ0) is 26.4. The van der Waals surface area contributed by atoms with E-state index in [4.69, 9.17) is 4.74 Å². The van der Waals surface area contributed by atoms with Gasteiger partial charge in [0, 0.05) is 13.0 Å². The van der Waals surface area contributed by atoms with Crippen LogP contribution in [0.25, 0.3) is 0 Å². The van der Waals surface area contributed by atoms with Gasteiger partial charge in [-0.2, -0.15) is 30.7 Å². The van der Waals surface area contributed by atoms with Gasteiger partial charge in [-0.25, -0.2) is 0 Å². The predicted octanol–water partition coefficient (Wildman–Crippen LogP) is 6.47. The average Bonchev–Trinajstić information content (AvgIpc) is 2.81. The van der Waals surface area contributed by atoms with Crippen LogP contribution in [0.4, 0.5) is 30.7 Å². The zero-order valence-corrected chi connectivity index (χ0v) is 19.3. The third kappa shape index (κ3) is 7.73. The van der Waals surface area contributed by atoms with Crippen molar-refractivity contribution < 1.29 is 45.3 Å². The van der Waals surface area contributed by atoms with Gasteiger partial charge in [0.15, 0.2) is 0 Å². The molecule has 0 amide bonds. The van der Waals surface area contributed by atoms with E-state index in [9.17, 15) is 35.8 Å². The number of benzene rings is 2. The maximum Gasteiger partial charge on any atom is 0.461 e. The lowest BCUT2D eigenvalue weighted by Crippen LogP contribution is -2.58. The van der Waals surface area contributed by atoms with E-state index >= 15 is 0 Å². The lowest BCUT2D eigenvalue weighted by Gasteiger charge is -2.32. The minimum atomic E-state index is -5.09. The van der Waals surface area contributed by atoms with Crippen molar-refractivity contribution in [1.82, 2.24) is 5.32 Å². The standard InChI is InChI=1S/C25H28F7NO3/c26-22(27)24(28,29)36-21-11-5-9-19(13-21)15-33-23(34,25(30,31)32)14-18-8-4-10-20(12-18)35-16-17-6-2-1-3-7-17/h4-5,8-13,17,22,33-34H,1-3,6-7,14-16H2. The summed E-state index contributed by atoms with van der Waals surface area (Å²) in [4.78, 5) is 0. The van der Waals surface area contributed by atoms with Crippen LogP contribution in [0.3, 0.4) is 0 Å². The predicted molar refractivity (Wildman–Crippen MR) is 118 cm³/mol. The largest absolute Gasteiger partial charge is 0.493 e. The van der Waals surface area contributed by atoms with Gasteiger partial charge in [0.1, 0.15) is 11.5 Å². The Hall–Kier alpha value is -2.53. The maximum absolute atomic E-state index is 13.8. The highest BCUT2D eigenvalue weighted by Gasteiger charge is 2.53. The first-order chi connectivity index (χ1) is 16.9. The van der Waals surface area contributed by atoms with E-state index in [2.05, 4.69) is 4.74 Å². The molecule has 1 fully saturated rings. The highest BCUT2D eigenvalue weighted by atomic mass is 19.4. The normalized spacial score (nSPS) is 17.1. The minimum Gasteiger partial charge on any atom is -0.493 e. The molecular formula is C25H28F7NO3. The van der Waals surface area contributed by atoms with Crippen LogP contribution in [0.5, 0.6) is 11.5 Å². The molecule has 2 N–H and O–H groups in total. The van der Waals surface area contributed by atoms with Crippen molar-refractivity contribution in [3.05, 3.63) is 59.7 Å². The fourth-order valence-electron chi connectivity index (χ4n) is 4.04. The summed E-state index contributed by atoms with van der Waals surface area (Å²) in [7, 11) is 0. The average molecular weight is 523 g/mol. The summed E-state index contributed by atoms with van der Waals surface area (Å²) in [5.41, 5.74) is -3.19. The molecule has 36 heavy (non-hydrogen) atoms. The molecule has 0 aliphatic heterocycles. The lowest BCUT2D eigenvalue weighted by atomic mass is 9.90. The van der Waals surface area contributed by atoms with Crippen molar-refractivity contribution in [1.29, 1.82) is 0 Å². The van der Waals surface area contributed by atoms with Gasteiger partial charge < -0.3 is 14.6 Å². The Kier molecular flexibility index (Phi) is 9.10. The number of rotatable bonds is 11. The number of hydrogen-bond acceptors (Lipinski definition) is 4. The third-order valence-electron chi connectivity index (χ3n) is 6.03. The van der Waals surface area contributed by atoms with Gasteiger partial charge in [-0.05, 0) is 54.2 Å². The number of hydrogen-bond donors (Lipinski definition) is 2. The highest BCUT2D eigenvalue weighted by Crippen LogP contribution is 2.33. The van der Waals surface area contributed by atoms with Crippen molar-refractivity contribution in [2.75, 3.05) is 6.61 Å². The fourth-order valence-corrected chi connectivity index (χ4v) is 4.04. The molecule has 11 heteroatoms. The molecule has 1 aliphatic rings. The Morgan fingerprint density at radius 1 is 0.889 bits per heavy atom. The van der Waals surface area contributed by atoms with Crippen LogP contribution >= 0.6 is 0 Å². The van der Waals surface area contributed by atoms with Crippen LogP contribution in [0.1, 0.15) is 43.2 Å². The molecule has 1 saturated carbocycles. The maximum atomic E-state index is 13.8. The van der Waals surface area contributed by atoms with Gasteiger partial charge in [-0.15, -0.1) is 0 Å². The zero-order valence-electron chi connectivity index (χ0n) is 19.3. The molecule has 1 unspecified atom stereocenters. The van der Waals surface area contributed by atoms with Crippen LogP contribution < -0.4 is 14.8 Å². The van der Waals surface area contributed by atoms with Gasteiger partial charge in [-0.3, -0.25) is 5.32 Å². The number of aliphatic hydroxyl groups is 1. The van der Waals surface area contributed by atoms with E-state index in [0.29, 0.717) is 18.3 Å². The van der Waals surface area contributed by atoms with Gasteiger partial charge >= 0.3 is 18.7 Å². The molecule has 0 saturated heterocycles. The van der Waals surface area contributed by atoms with E-state index in [1.807, 2.05) is 5.32 Å². The molecule has 200 valence electrons. The van der Waals surface area contributed by atoms with E-state index < -0.39 is 43.2 Å². The van der Waals surface area contributed by atoms with Crippen LogP contribution in [0.15, 0.2) is 48.5 Å². The van der Waals surface area contributed by atoms with Gasteiger partial charge in [0.2, 0.25) is 5.72 Å². The summed E-state index contributed by atoms with van der Waals surface area (Å²) in [6.45, 7) is -0.139. The van der Waals surface area contributed by atoms with Crippen molar-refractivity contribution >= 4 is 0 Å². The molecule has 0 aromatic heterocycles. The number of alkyl halides is 7. The van der Waals surface area contributed by atoms with Crippen molar-refractivity contribution in [2.24, 2.45) is 5.92 Å². The van der Waals surface area contributed by atoms with Crippen molar-refractivity contribution in [3.63, 3.8) is 0 Å². The van der Waals surface area contributed by atoms with E-state index in [1.54, 1.807) is 6.07 Å². The van der Waals surface area contributed by atoms with Gasteiger partial charge in [-0.1, -0.05) is 43.5 Å². The molecule has 3 rings (SSSR count). The first-order valence-corrected chi connectivity index (χ1v) is 11.6. The molecule has 2 aromatic carbocycles. The summed E-state index contributed by atoms with van der Waals surface area (Å²) in [5, 5.41) is 12.5. The molecule has 1 atom stereocenters. The summed E-state index contributed by atoms with van der Waals surface area (Å²) < 4.78 is 102. The summed E-state index contributed by atoms with van der Waals surface area (Å²) in [5.74, 6) is 0.141. The van der Waals surface area contributed by atoms with Crippen LogP contribution in [0.2, 0.25) is 0 Å². The molecule has 0 bridgehead atoms. The molecular weight excluding hydrogens is 495 g/mol. The smallest absolute Gasteiger partial charge is 0.461 e. The Morgan fingerprint density at radius 3 is 2.14 bits per heavy atom. The molecule has 2 aromatic rings. The Morgan fingerprint density at radius 2 is 1.50 bits per heavy atom. The SMILES string of the molecule is OC(Cc1cccc(OCC2CCCCC2)c1)(NCc1cccc(OC(F)(F)C(F)F)c1)C(F)(F)F. The van der Waals surface area contributed by atoms with Gasteiger partial charge in [0.05, 0.1) is 6.61 Å². The molecule has 1 aliphatic carbocycles. The lowest BCUT2D eigenvalue weighted by molar-refractivity contribution is -0.273. The second kappa shape index (κ2) is 11.7. The molecule has 0 spiro atoms. The second-order valence-corrected chi connectivity index (χ2v) is 8.96. The number of halogens is 7. The van der Waals surface area contributed by atoms with Crippen LogP contribution in [-0.2, 0) is 13.0 Å². The Balaban J connectivity index is 1.67. The first-order valence-electron chi connectivity index (χ1n) is 11.6. The van der Waals surface area contributed by atoms with Crippen LogP contribution in [-0.4, -0.2) is 36.1 Å². The van der Waals surface area contributed by atoms with Crippen molar-refractivity contribution in [3.8, 4) is 11.5 Å². The number of nitrogens with one attached hydrogen (secondary N) is 1.